The molecule has 0 radical (unpaired) electrons. The van der Waals surface area contributed by atoms with Crippen LogP contribution >= 0.6 is 0 Å². The predicted molar refractivity (Wildman–Crippen MR) is 96.6 cm³/mol. The second-order valence-corrected chi connectivity index (χ2v) is 6.24. The van der Waals surface area contributed by atoms with Crippen molar-refractivity contribution >= 4 is 28.5 Å². The summed E-state index contributed by atoms with van der Waals surface area (Å²) in [6.45, 7) is 3.23. The number of hydrogen-bond donors (Lipinski definition) is 3. The fourth-order valence-electron chi connectivity index (χ4n) is 3.51. The Hall–Kier alpha value is -2.83. The standard InChI is InChI=1S/C17H21N7/c1-2-11-4-3-7-24(11)15-9-13(20-17(19)21-15)10-5-6-12-14(8-10)22-23-16(12)18/h5-6,8-9,11H,2-4,7H2,1H3,(H3,18,22,23)(H2,19,20,21). The number of aromatic amines is 1. The highest BCUT2D eigenvalue weighted by molar-refractivity contribution is 5.91. The van der Waals surface area contributed by atoms with Crippen molar-refractivity contribution in [2.24, 2.45) is 0 Å². The van der Waals surface area contributed by atoms with Crippen LogP contribution in [0.5, 0.6) is 0 Å². The molecule has 1 saturated heterocycles. The average Bonchev–Trinajstić information content (AvgIpc) is 3.21. The van der Waals surface area contributed by atoms with Gasteiger partial charge in [-0.25, -0.2) is 4.98 Å². The molecule has 1 unspecified atom stereocenters. The van der Waals surface area contributed by atoms with Crippen molar-refractivity contribution in [1.29, 1.82) is 0 Å². The summed E-state index contributed by atoms with van der Waals surface area (Å²) in [5, 5.41) is 7.88. The SMILES string of the molecule is CCC1CCCN1c1cc(-c2ccc3c(N)n[nH]c3c2)nc(N)n1. The molecule has 1 aromatic carbocycles. The lowest BCUT2D eigenvalue weighted by Crippen LogP contribution is -2.29. The number of fused-ring (bicyclic) bond motifs is 1. The Morgan fingerprint density at radius 1 is 1.25 bits per heavy atom. The van der Waals surface area contributed by atoms with Gasteiger partial charge in [0, 0.05) is 29.6 Å². The molecule has 124 valence electrons. The Bertz CT molecular complexity index is 886. The molecule has 1 aliphatic heterocycles. The first-order chi connectivity index (χ1) is 11.7. The molecule has 1 atom stereocenters. The molecule has 1 fully saturated rings. The highest BCUT2D eigenvalue weighted by Crippen LogP contribution is 2.30. The average molecular weight is 323 g/mol. The molecule has 0 amide bonds. The smallest absolute Gasteiger partial charge is 0.222 e. The van der Waals surface area contributed by atoms with E-state index in [1.165, 1.54) is 12.8 Å². The van der Waals surface area contributed by atoms with E-state index in [1.807, 2.05) is 24.3 Å². The third-order valence-corrected chi connectivity index (χ3v) is 4.76. The van der Waals surface area contributed by atoms with Crippen LogP contribution in [0.3, 0.4) is 0 Å². The number of benzene rings is 1. The van der Waals surface area contributed by atoms with Gasteiger partial charge in [0.05, 0.1) is 11.2 Å². The molecule has 3 heterocycles. The zero-order valence-corrected chi connectivity index (χ0v) is 13.7. The molecule has 0 spiro atoms. The first-order valence-corrected chi connectivity index (χ1v) is 8.31. The zero-order chi connectivity index (χ0) is 16.7. The number of nitrogen functional groups attached to an aromatic ring is 2. The highest BCUT2D eigenvalue weighted by atomic mass is 15.2. The molecule has 7 heteroatoms. The first kappa shape index (κ1) is 14.7. The lowest BCUT2D eigenvalue weighted by Gasteiger charge is -2.25. The molecule has 7 nitrogen and oxygen atoms in total. The Labute approximate surface area is 140 Å². The van der Waals surface area contributed by atoms with Gasteiger partial charge in [0.2, 0.25) is 5.95 Å². The number of H-pyrrole nitrogens is 1. The number of nitrogens with two attached hydrogens (primary N) is 2. The molecule has 0 aliphatic carbocycles. The molecule has 3 aromatic rings. The normalized spacial score (nSPS) is 17.7. The van der Waals surface area contributed by atoms with Crippen LogP contribution in [-0.2, 0) is 0 Å². The third kappa shape index (κ3) is 2.42. The van der Waals surface area contributed by atoms with Crippen LogP contribution in [0.25, 0.3) is 22.2 Å². The van der Waals surface area contributed by atoms with Gasteiger partial charge in [-0.15, -0.1) is 0 Å². The minimum absolute atomic E-state index is 0.300. The van der Waals surface area contributed by atoms with E-state index in [1.54, 1.807) is 0 Å². The largest absolute Gasteiger partial charge is 0.382 e. The van der Waals surface area contributed by atoms with Gasteiger partial charge in [-0.2, -0.15) is 10.1 Å². The molecule has 5 N–H and O–H groups in total. The molecule has 0 bridgehead atoms. The molecule has 2 aromatic heterocycles. The number of hydrogen-bond acceptors (Lipinski definition) is 6. The summed E-state index contributed by atoms with van der Waals surface area (Å²) in [6, 6.07) is 8.48. The maximum absolute atomic E-state index is 5.98. The van der Waals surface area contributed by atoms with E-state index in [2.05, 4.69) is 32.0 Å². The van der Waals surface area contributed by atoms with Crippen LogP contribution in [0.4, 0.5) is 17.6 Å². The maximum atomic E-state index is 5.98. The van der Waals surface area contributed by atoms with Crippen molar-refractivity contribution in [2.75, 3.05) is 22.9 Å². The van der Waals surface area contributed by atoms with Gasteiger partial charge in [-0.05, 0) is 31.4 Å². The van der Waals surface area contributed by atoms with E-state index < -0.39 is 0 Å². The molecule has 24 heavy (non-hydrogen) atoms. The minimum Gasteiger partial charge on any atom is -0.382 e. The van der Waals surface area contributed by atoms with Gasteiger partial charge < -0.3 is 16.4 Å². The van der Waals surface area contributed by atoms with Crippen LogP contribution in [-0.4, -0.2) is 32.8 Å². The fraction of sp³-hybridized carbons (Fsp3) is 0.353. The van der Waals surface area contributed by atoms with Crippen LogP contribution in [0, 0.1) is 0 Å². The highest BCUT2D eigenvalue weighted by Gasteiger charge is 2.25. The summed E-state index contributed by atoms with van der Waals surface area (Å²) in [5.41, 5.74) is 14.5. The summed E-state index contributed by atoms with van der Waals surface area (Å²) in [7, 11) is 0. The molecular formula is C17H21N7. The van der Waals surface area contributed by atoms with Crippen molar-refractivity contribution in [2.45, 2.75) is 32.2 Å². The van der Waals surface area contributed by atoms with E-state index in [-0.39, 0.29) is 0 Å². The van der Waals surface area contributed by atoms with Crippen molar-refractivity contribution < 1.29 is 0 Å². The lowest BCUT2D eigenvalue weighted by atomic mass is 10.1. The molecule has 0 saturated carbocycles. The molecular weight excluding hydrogens is 302 g/mol. The number of nitrogens with one attached hydrogen (secondary N) is 1. The quantitative estimate of drug-likeness (QED) is 0.683. The van der Waals surface area contributed by atoms with E-state index in [0.717, 1.165) is 40.9 Å². The van der Waals surface area contributed by atoms with Gasteiger partial charge in [0.15, 0.2) is 5.82 Å². The number of anilines is 3. The summed E-state index contributed by atoms with van der Waals surface area (Å²) in [6.07, 6.45) is 3.50. The summed E-state index contributed by atoms with van der Waals surface area (Å²) >= 11 is 0. The predicted octanol–water partition coefficient (Wildman–Crippen LogP) is 2.56. The Morgan fingerprint density at radius 3 is 2.96 bits per heavy atom. The second kappa shape index (κ2) is 5.67. The Balaban J connectivity index is 1.77. The first-order valence-electron chi connectivity index (χ1n) is 8.31. The monoisotopic (exact) mass is 323 g/mol. The van der Waals surface area contributed by atoms with Gasteiger partial charge in [0.1, 0.15) is 5.82 Å². The Morgan fingerprint density at radius 2 is 2.12 bits per heavy atom. The van der Waals surface area contributed by atoms with Crippen molar-refractivity contribution in [3.05, 3.63) is 24.3 Å². The number of aromatic nitrogens is 4. The van der Waals surface area contributed by atoms with Crippen LogP contribution in [0.2, 0.25) is 0 Å². The van der Waals surface area contributed by atoms with Crippen LogP contribution in [0.1, 0.15) is 26.2 Å². The number of nitrogens with zero attached hydrogens (tertiary/aromatic N) is 4. The van der Waals surface area contributed by atoms with Crippen LogP contribution < -0.4 is 16.4 Å². The number of rotatable bonds is 3. The van der Waals surface area contributed by atoms with Crippen molar-refractivity contribution in [3.63, 3.8) is 0 Å². The fourth-order valence-corrected chi connectivity index (χ4v) is 3.51. The minimum atomic E-state index is 0.300. The maximum Gasteiger partial charge on any atom is 0.222 e. The van der Waals surface area contributed by atoms with Gasteiger partial charge in [-0.3, -0.25) is 5.10 Å². The summed E-state index contributed by atoms with van der Waals surface area (Å²) in [5.74, 6) is 1.71. The third-order valence-electron chi connectivity index (χ3n) is 4.76. The van der Waals surface area contributed by atoms with Gasteiger partial charge in [-0.1, -0.05) is 13.0 Å². The molecule has 4 rings (SSSR count). The van der Waals surface area contributed by atoms with E-state index in [4.69, 9.17) is 11.5 Å². The van der Waals surface area contributed by atoms with Crippen molar-refractivity contribution in [1.82, 2.24) is 20.2 Å². The Kier molecular flexibility index (Phi) is 3.48. The van der Waals surface area contributed by atoms with Gasteiger partial charge >= 0.3 is 0 Å². The van der Waals surface area contributed by atoms with Gasteiger partial charge in [0.25, 0.3) is 0 Å². The zero-order valence-electron chi connectivity index (χ0n) is 13.7. The van der Waals surface area contributed by atoms with E-state index in [0.29, 0.717) is 17.8 Å². The van der Waals surface area contributed by atoms with Crippen LogP contribution in [0.15, 0.2) is 24.3 Å². The lowest BCUT2D eigenvalue weighted by molar-refractivity contribution is 0.640. The van der Waals surface area contributed by atoms with E-state index in [9.17, 15) is 0 Å². The second-order valence-electron chi connectivity index (χ2n) is 6.24. The summed E-state index contributed by atoms with van der Waals surface area (Å²) in [4.78, 5) is 11.2. The molecule has 1 aliphatic rings. The van der Waals surface area contributed by atoms with E-state index >= 15 is 0 Å². The topological polar surface area (TPSA) is 110 Å². The summed E-state index contributed by atoms with van der Waals surface area (Å²) < 4.78 is 0. The van der Waals surface area contributed by atoms with Crippen molar-refractivity contribution in [3.8, 4) is 11.3 Å².